The van der Waals surface area contributed by atoms with Crippen molar-refractivity contribution in [3.05, 3.63) is 30.1 Å². The molecule has 1 fully saturated rings. The smallest absolute Gasteiger partial charge is 0.245 e. The van der Waals surface area contributed by atoms with Crippen LogP contribution in [0.3, 0.4) is 0 Å². The minimum absolute atomic E-state index is 0.0291. The fourth-order valence-corrected chi connectivity index (χ4v) is 2.49. The Bertz CT molecular complexity index is 597. The second-order valence-corrected chi connectivity index (χ2v) is 4.69. The molecule has 8 nitrogen and oxygen atoms in total. The first-order chi connectivity index (χ1) is 9.75. The molecule has 2 aromatic rings. The van der Waals surface area contributed by atoms with Gasteiger partial charge in [-0.2, -0.15) is 0 Å². The Kier molecular flexibility index (Phi) is 3.28. The van der Waals surface area contributed by atoms with Crippen molar-refractivity contribution in [1.82, 2.24) is 30.1 Å². The van der Waals surface area contributed by atoms with Gasteiger partial charge in [-0.3, -0.25) is 9.78 Å². The highest BCUT2D eigenvalue weighted by Crippen LogP contribution is 2.30. The van der Waals surface area contributed by atoms with E-state index in [2.05, 4.69) is 20.5 Å². The lowest BCUT2D eigenvalue weighted by Gasteiger charge is -2.24. The Balaban J connectivity index is 1.75. The molecule has 0 aromatic carbocycles. The van der Waals surface area contributed by atoms with E-state index in [4.69, 9.17) is 5.73 Å². The number of hydrogen-bond acceptors (Lipinski definition) is 6. The van der Waals surface area contributed by atoms with E-state index < -0.39 is 0 Å². The summed E-state index contributed by atoms with van der Waals surface area (Å²) in [5.41, 5.74) is 6.50. The number of pyridine rings is 1. The molecule has 0 aliphatic carbocycles. The molecule has 0 bridgehead atoms. The summed E-state index contributed by atoms with van der Waals surface area (Å²) in [6, 6.07) is 5.78. The third-order valence-corrected chi connectivity index (χ3v) is 3.45. The first-order valence-electron chi connectivity index (χ1n) is 6.48. The molecule has 2 aromatic heterocycles. The molecule has 1 saturated heterocycles. The van der Waals surface area contributed by atoms with Crippen LogP contribution in [-0.4, -0.2) is 42.5 Å². The van der Waals surface area contributed by atoms with Gasteiger partial charge in [-0.25, -0.2) is 4.68 Å². The van der Waals surface area contributed by atoms with Crippen molar-refractivity contribution in [3.8, 4) is 0 Å². The number of nitrogens with zero attached hydrogens (tertiary/aromatic N) is 6. The van der Waals surface area contributed by atoms with Gasteiger partial charge in [0, 0.05) is 12.7 Å². The van der Waals surface area contributed by atoms with Gasteiger partial charge in [0.2, 0.25) is 11.9 Å². The van der Waals surface area contributed by atoms with Crippen LogP contribution >= 0.6 is 0 Å². The van der Waals surface area contributed by atoms with Crippen molar-refractivity contribution in [2.45, 2.75) is 25.4 Å². The van der Waals surface area contributed by atoms with Gasteiger partial charge in [-0.15, -0.1) is 0 Å². The predicted molar refractivity (Wildman–Crippen MR) is 70.2 cm³/mol. The highest BCUT2D eigenvalue weighted by atomic mass is 16.2. The van der Waals surface area contributed by atoms with Gasteiger partial charge < -0.3 is 10.6 Å². The van der Waals surface area contributed by atoms with Crippen LogP contribution in [0.1, 0.15) is 24.6 Å². The molecule has 3 rings (SSSR count). The van der Waals surface area contributed by atoms with Crippen molar-refractivity contribution in [2.75, 3.05) is 12.3 Å². The van der Waals surface area contributed by atoms with Gasteiger partial charge in [0.05, 0.1) is 11.7 Å². The molecular formula is C12H15N7O. The number of hydrogen-bond donors (Lipinski definition) is 1. The molecule has 1 atom stereocenters. The van der Waals surface area contributed by atoms with Crippen LogP contribution in [0.25, 0.3) is 0 Å². The Hall–Kier alpha value is -2.51. The van der Waals surface area contributed by atoms with Gasteiger partial charge >= 0.3 is 0 Å². The molecule has 1 amide bonds. The standard InChI is InChI=1S/C12H15N7O/c13-12-15-16-17-19(12)8-11(20)18-7-3-5-10(18)9-4-1-2-6-14-9/h1-2,4,6,10H,3,5,7-8H2,(H2,13,15,17). The van der Waals surface area contributed by atoms with Crippen LogP contribution < -0.4 is 5.73 Å². The number of amides is 1. The summed E-state index contributed by atoms with van der Waals surface area (Å²) in [5.74, 6) is 0.101. The van der Waals surface area contributed by atoms with Crippen LogP contribution in [0.5, 0.6) is 0 Å². The number of carbonyl (C=O) groups is 1. The fraction of sp³-hybridized carbons (Fsp3) is 0.417. The summed E-state index contributed by atoms with van der Waals surface area (Å²) in [5, 5.41) is 10.7. The average molecular weight is 273 g/mol. The molecule has 1 aliphatic heterocycles. The highest BCUT2D eigenvalue weighted by Gasteiger charge is 2.31. The second kappa shape index (κ2) is 5.24. The number of rotatable bonds is 3. The summed E-state index contributed by atoms with van der Waals surface area (Å²) >= 11 is 0. The molecule has 1 unspecified atom stereocenters. The SMILES string of the molecule is Nc1nnnn1CC(=O)N1CCCC1c1ccccn1. The lowest BCUT2D eigenvalue weighted by atomic mass is 10.1. The quantitative estimate of drug-likeness (QED) is 0.845. The number of tetrazole rings is 1. The Morgan fingerprint density at radius 3 is 3.05 bits per heavy atom. The van der Waals surface area contributed by atoms with Crippen LogP contribution in [0, 0.1) is 0 Å². The first-order valence-corrected chi connectivity index (χ1v) is 6.48. The van der Waals surface area contributed by atoms with Gasteiger partial charge in [0.15, 0.2) is 0 Å². The maximum Gasteiger partial charge on any atom is 0.245 e. The maximum atomic E-state index is 12.4. The number of carbonyl (C=O) groups excluding carboxylic acids is 1. The Morgan fingerprint density at radius 2 is 2.35 bits per heavy atom. The number of nitrogen functional groups attached to an aromatic ring is 1. The van der Waals surface area contributed by atoms with E-state index in [1.165, 1.54) is 4.68 Å². The van der Waals surface area contributed by atoms with Crippen LogP contribution in [-0.2, 0) is 11.3 Å². The summed E-state index contributed by atoms with van der Waals surface area (Å²) in [6.07, 6.45) is 3.64. The van der Waals surface area contributed by atoms with Crippen molar-refractivity contribution in [1.29, 1.82) is 0 Å². The van der Waals surface area contributed by atoms with Crippen molar-refractivity contribution in [2.24, 2.45) is 0 Å². The van der Waals surface area contributed by atoms with E-state index in [-0.39, 0.29) is 24.4 Å². The normalized spacial score (nSPS) is 18.4. The van der Waals surface area contributed by atoms with Crippen molar-refractivity contribution in [3.63, 3.8) is 0 Å². The van der Waals surface area contributed by atoms with Gasteiger partial charge in [0.25, 0.3) is 0 Å². The lowest BCUT2D eigenvalue weighted by Crippen LogP contribution is -2.34. The predicted octanol–water partition coefficient (Wildman–Crippen LogP) is 0.0140. The summed E-state index contributed by atoms with van der Waals surface area (Å²) < 4.78 is 1.30. The Morgan fingerprint density at radius 1 is 1.45 bits per heavy atom. The lowest BCUT2D eigenvalue weighted by molar-refractivity contribution is -0.133. The second-order valence-electron chi connectivity index (χ2n) is 4.69. The van der Waals surface area contributed by atoms with E-state index in [0.717, 1.165) is 25.1 Å². The summed E-state index contributed by atoms with van der Waals surface area (Å²) in [6.45, 7) is 0.782. The monoisotopic (exact) mass is 273 g/mol. The molecular weight excluding hydrogens is 258 g/mol. The van der Waals surface area contributed by atoms with Crippen LogP contribution in [0.4, 0.5) is 5.95 Å². The zero-order valence-electron chi connectivity index (χ0n) is 10.9. The van der Waals surface area contributed by atoms with Crippen LogP contribution in [0.2, 0.25) is 0 Å². The third kappa shape index (κ3) is 2.31. The van der Waals surface area contributed by atoms with Gasteiger partial charge in [-0.1, -0.05) is 11.2 Å². The molecule has 8 heteroatoms. The molecule has 3 heterocycles. The minimum atomic E-state index is -0.0443. The van der Waals surface area contributed by atoms with Crippen LogP contribution in [0.15, 0.2) is 24.4 Å². The summed E-state index contributed by atoms with van der Waals surface area (Å²) in [7, 11) is 0. The first kappa shape index (κ1) is 12.5. The molecule has 0 spiro atoms. The molecule has 0 radical (unpaired) electrons. The zero-order chi connectivity index (χ0) is 13.9. The number of aromatic nitrogens is 5. The molecule has 20 heavy (non-hydrogen) atoms. The number of nitrogens with two attached hydrogens (primary N) is 1. The molecule has 104 valence electrons. The molecule has 2 N–H and O–H groups in total. The minimum Gasteiger partial charge on any atom is -0.367 e. The summed E-state index contributed by atoms with van der Waals surface area (Å²) in [4.78, 5) is 18.5. The van der Waals surface area contributed by atoms with E-state index in [0.29, 0.717) is 0 Å². The van der Waals surface area contributed by atoms with Gasteiger partial charge in [-0.05, 0) is 35.4 Å². The van der Waals surface area contributed by atoms with Gasteiger partial charge in [0.1, 0.15) is 6.54 Å². The zero-order valence-corrected chi connectivity index (χ0v) is 10.9. The largest absolute Gasteiger partial charge is 0.367 e. The van der Waals surface area contributed by atoms with E-state index in [1.54, 1.807) is 6.20 Å². The highest BCUT2D eigenvalue weighted by molar-refractivity contribution is 5.77. The fourth-order valence-electron chi connectivity index (χ4n) is 2.49. The van der Waals surface area contributed by atoms with Crippen molar-refractivity contribution < 1.29 is 4.79 Å². The van der Waals surface area contributed by atoms with E-state index in [1.807, 2.05) is 23.1 Å². The van der Waals surface area contributed by atoms with E-state index in [9.17, 15) is 4.79 Å². The average Bonchev–Trinajstić information content (AvgIpc) is 3.09. The van der Waals surface area contributed by atoms with E-state index >= 15 is 0 Å². The maximum absolute atomic E-state index is 12.4. The number of likely N-dealkylation sites (tertiary alicyclic amines) is 1. The van der Waals surface area contributed by atoms with Crippen molar-refractivity contribution >= 4 is 11.9 Å². The number of anilines is 1. The topological polar surface area (TPSA) is 103 Å². The Labute approximate surface area is 115 Å². The molecule has 0 saturated carbocycles. The molecule has 1 aliphatic rings. The third-order valence-electron chi connectivity index (χ3n) is 3.45.